The van der Waals surface area contributed by atoms with Crippen LogP contribution in [0.4, 0.5) is 0 Å². The Morgan fingerprint density at radius 2 is 1.77 bits per heavy atom. The van der Waals surface area contributed by atoms with E-state index in [2.05, 4.69) is 16.0 Å². The molecule has 0 radical (unpaired) electrons. The van der Waals surface area contributed by atoms with Crippen molar-refractivity contribution in [2.75, 3.05) is 13.1 Å². The van der Waals surface area contributed by atoms with Crippen LogP contribution in [-0.2, 0) is 0 Å². The lowest BCUT2D eigenvalue weighted by Crippen LogP contribution is -2.37. The van der Waals surface area contributed by atoms with Crippen molar-refractivity contribution in [1.29, 1.82) is 10.5 Å². The zero-order valence-corrected chi connectivity index (χ0v) is 17.6. The highest BCUT2D eigenvalue weighted by molar-refractivity contribution is 5.95. The molecule has 6 heteroatoms. The first-order valence-corrected chi connectivity index (χ1v) is 10.4. The molecule has 1 N–H and O–H groups in total. The normalized spacial score (nSPS) is 14.1. The second-order valence-corrected chi connectivity index (χ2v) is 7.99. The molecule has 0 aliphatic carbocycles. The number of hydrogen-bond donors (Lipinski definition) is 1. The molecule has 1 aliphatic rings. The van der Waals surface area contributed by atoms with Gasteiger partial charge in [-0.25, -0.2) is 4.98 Å². The van der Waals surface area contributed by atoms with E-state index in [1.54, 1.807) is 0 Å². The van der Waals surface area contributed by atoms with Crippen LogP contribution >= 0.6 is 0 Å². The van der Waals surface area contributed by atoms with Crippen LogP contribution in [0, 0.1) is 36.5 Å². The Balaban J connectivity index is 1.49. The lowest BCUT2D eigenvalue weighted by molar-refractivity contribution is 0.0713. The van der Waals surface area contributed by atoms with E-state index in [4.69, 9.17) is 10.5 Å². The molecule has 1 saturated heterocycles. The Kier molecular flexibility index (Phi) is 5.56. The summed E-state index contributed by atoms with van der Waals surface area (Å²) in [5.74, 6) is 0.702. The molecule has 0 atom stereocenters. The lowest BCUT2D eigenvalue weighted by atomic mass is 9.88. The SMILES string of the molecule is Cc1ccc(C(=O)N2CCC(c3ccc(C#N)cc3)CC2)cc1-c1[nH]c(C#N)nc1C. The van der Waals surface area contributed by atoms with Gasteiger partial charge in [0.25, 0.3) is 5.91 Å². The zero-order chi connectivity index (χ0) is 22.0. The average Bonchev–Trinajstić information content (AvgIpc) is 3.19. The maximum absolute atomic E-state index is 13.2. The molecular weight excluding hydrogens is 386 g/mol. The van der Waals surface area contributed by atoms with Crippen LogP contribution < -0.4 is 0 Å². The van der Waals surface area contributed by atoms with Crippen molar-refractivity contribution >= 4 is 5.91 Å². The van der Waals surface area contributed by atoms with Crippen LogP contribution in [0.3, 0.4) is 0 Å². The topological polar surface area (TPSA) is 96.6 Å². The number of rotatable bonds is 3. The van der Waals surface area contributed by atoms with Crippen molar-refractivity contribution in [3.05, 3.63) is 76.2 Å². The highest BCUT2D eigenvalue weighted by Crippen LogP contribution is 2.30. The average molecular weight is 409 g/mol. The molecule has 0 saturated carbocycles. The Morgan fingerprint density at radius 3 is 2.39 bits per heavy atom. The van der Waals surface area contributed by atoms with E-state index in [9.17, 15) is 4.79 Å². The standard InChI is InChI=1S/C25H23N5O/c1-16-3-6-21(13-22(16)24-17(2)28-23(15-27)29-24)25(31)30-11-9-20(10-12-30)19-7-4-18(14-26)5-8-19/h3-8,13,20H,9-12H2,1-2H3,(H,28,29). The van der Waals surface area contributed by atoms with Gasteiger partial charge in [-0.1, -0.05) is 18.2 Å². The van der Waals surface area contributed by atoms with Crippen molar-refractivity contribution < 1.29 is 4.79 Å². The summed E-state index contributed by atoms with van der Waals surface area (Å²) in [4.78, 5) is 22.4. The van der Waals surface area contributed by atoms with Gasteiger partial charge in [-0.05, 0) is 68.0 Å². The number of imidazole rings is 1. The molecule has 6 nitrogen and oxygen atoms in total. The Hall–Kier alpha value is -3.90. The first-order chi connectivity index (χ1) is 15.0. The number of aromatic nitrogens is 2. The molecule has 3 aromatic rings. The van der Waals surface area contributed by atoms with Gasteiger partial charge in [-0.15, -0.1) is 0 Å². The molecule has 0 unspecified atom stereocenters. The number of amides is 1. The number of nitrogens with one attached hydrogen (secondary N) is 1. The number of nitriles is 2. The number of likely N-dealkylation sites (tertiary alicyclic amines) is 1. The second-order valence-electron chi connectivity index (χ2n) is 7.99. The van der Waals surface area contributed by atoms with Gasteiger partial charge in [0.1, 0.15) is 6.07 Å². The quantitative estimate of drug-likeness (QED) is 0.691. The molecule has 1 aromatic heterocycles. The summed E-state index contributed by atoms with van der Waals surface area (Å²) in [6, 6.07) is 17.6. The number of carbonyl (C=O) groups is 1. The zero-order valence-electron chi connectivity index (χ0n) is 17.6. The van der Waals surface area contributed by atoms with Gasteiger partial charge in [0.15, 0.2) is 0 Å². The fraction of sp³-hybridized carbons (Fsp3) is 0.280. The summed E-state index contributed by atoms with van der Waals surface area (Å²) >= 11 is 0. The third-order valence-electron chi connectivity index (χ3n) is 6.04. The van der Waals surface area contributed by atoms with Crippen molar-refractivity contribution in [1.82, 2.24) is 14.9 Å². The summed E-state index contributed by atoms with van der Waals surface area (Å²) in [6.45, 7) is 5.25. The number of carbonyl (C=O) groups excluding carboxylic acids is 1. The summed E-state index contributed by atoms with van der Waals surface area (Å²) in [5.41, 5.74) is 5.98. The number of aryl methyl sites for hydroxylation is 2. The van der Waals surface area contributed by atoms with E-state index < -0.39 is 0 Å². The molecular formula is C25H23N5O. The van der Waals surface area contributed by atoms with Crippen LogP contribution in [0.15, 0.2) is 42.5 Å². The van der Waals surface area contributed by atoms with E-state index in [0.29, 0.717) is 30.1 Å². The summed E-state index contributed by atoms with van der Waals surface area (Å²) < 4.78 is 0. The molecule has 4 rings (SSSR count). The van der Waals surface area contributed by atoms with Gasteiger partial charge in [0.2, 0.25) is 5.82 Å². The monoisotopic (exact) mass is 409 g/mol. The minimum Gasteiger partial charge on any atom is -0.339 e. The molecule has 1 aliphatic heterocycles. The smallest absolute Gasteiger partial charge is 0.253 e. The van der Waals surface area contributed by atoms with Crippen LogP contribution in [0.5, 0.6) is 0 Å². The number of piperidine rings is 1. The van der Waals surface area contributed by atoms with Crippen LogP contribution in [-0.4, -0.2) is 33.9 Å². The van der Waals surface area contributed by atoms with Crippen molar-refractivity contribution in [2.24, 2.45) is 0 Å². The fourth-order valence-electron chi connectivity index (χ4n) is 4.23. The van der Waals surface area contributed by atoms with Crippen LogP contribution in [0.25, 0.3) is 11.3 Å². The lowest BCUT2D eigenvalue weighted by Gasteiger charge is -2.32. The highest BCUT2D eigenvalue weighted by atomic mass is 16.2. The summed E-state index contributed by atoms with van der Waals surface area (Å²) in [5, 5.41) is 18.1. The third kappa shape index (κ3) is 4.06. The van der Waals surface area contributed by atoms with Gasteiger partial charge in [-0.3, -0.25) is 4.79 Å². The molecule has 2 aromatic carbocycles. The second kappa shape index (κ2) is 8.45. The number of benzene rings is 2. The van der Waals surface area contributed by atoms with E-state index in [0.717, 1.165) is 35.4 Å². The first-order valence-electron chi connectivity index (χ1n) is 10.4. The van der Waals surface area contributed by atoms with Crippen molar-refractivity contribution in [2.45, 2.75) is 32.6 Å². The summed E-state index contributed by atoms with van der Waals surface area (Å²) in [7, 11) is 0. The van der Waals surface area contributed by atoms with Gasteiger partial charge in [0.05, 0.1) is 23.0 Å². The molecule has 0 spiro atoms. The number of H-pyrrole nitrogens is 1. The van der Waals surface area contributed by atoms with E-state index in [-0.39, 0.29) is 11.7 Å². The maximum atomic E-state index is 13.2. The van der Waals surface area contributed by atoms with Crippen LogP contribution in [0.2, 0.25) is 0 Å². The first kappa shape index (κ1) is 20.4. The van der Waals surface area contributed by atoms with E-state index in [1.807, 2.05) is 67.3 Å². The van der Waals surface area contributed by atoms with Gasteiger partial charge in [0, 0.05) is 24.2 Å². The molecule has 154 valence electrons. The number of nitrogens with zero attached hydrogens (tertiary/aromatic N) is 4. The van der Waals surface area contributed by atoms with E-state index >= 15 is 0 Å². The molecule has 2 heterocycles. The molecule has 1 amide bonds. The van der Waals surface area contributed by atoms with E-state index in [1.165, 1.54) is 5.56 Å². The predicted molar refractivity (Wildman–Crippen MR) is 117 cm³/mol. The largest absolute Gasteiger partial charge is 0.339 e. The van der Waals surface area contributed by atoms with Crippen molar-refractivity contribution in [3.63, 3.8) is 0 Å². The third-order valence-corrected chi connectivity index (χ3v) is 6.04. The van der Waals surface area contributed by atoms with Gasteiger partial charge >= 0.3 is 0 Å². The Morgan fingerprint density at radius 1 is 1.06 bits per heavy atom. The summed E-state index contributed by atoms with van der Waals surface area (Å²) in [6.07, 6.45) is 1.81. The number of hydrogen-bond acceptors (Lipinski definition) is 4. The van der Waals surface area contributed by atoms with Gasteiger partial charge in [-0.2, -0.15) is 10.5 Å². The number of aromatic amines is 1. The van der Waals surface area contributed by atoms with Crippen molar-refractivity contribution in [3.8, 4) is 23.4 Å². The fourth-order valence-corrected chi connectivity index (χ4v) is 4.23. The molecule has 1 fully saturated rings. The Labute approximate surface area is 181 Å². The highest BCUT2D eigenvalue weighted by Gasteiger charge is 2.25. The maximum Gasteiger partial charge on any atom is 0.253 e. The predicted octanol–water partition coefficient (Wildman–Crippen LogP) is 4.46. The minimum atomic E-state index is 0.0252. The Bertz CT molecular complexity index is 1200. The van der Waals surface area contributed by atoms with Crippen LogP contribution in [0.1, 0.15) is 57.3 Å². The molecule has 0 bridgehead atoms. The molecule has 31 heavy (non-hydrogen) atoms. The van der Waals surface area contributed by atoms with Gasteiger partial charge < -0.3 is 9.88 Å². The minimum absolute atomic E-state index is 0.0252.